The maximum atomic E-state index is 12.5. The molecule has 0 radical (unpaired) electrons. The molecule has 0 aromatic rings. The number of allylic oxidation sites excluding steroid dienone is 16. The number of hydrogen-bond donors (Lipinski definition) is 1. The van der Waals surface area contributed by atoms with Gasteiger partial charge in [0.15, 0.2) is 6.10 Å². The summed E-state index contributed by atoms with van der Waals surface area (Å²) >= 11 is 0. The van der Waals surface area contributed by atoms with Gasteiger partial charge < -0.3 is 14.4 Å². The zero-order valence-corrected chi connectivity index (χ0v) is 33.3. The lowest BCUT2D eigenvalue weighted by Gasteiger charge is -2.19. The number of carbonyl (C=O) groups excluding carboxylic acids is 2. The van der Waals surface area contributed by atoms with Crippen LogP contribution in [-0.2, 0) is 32.7 Å². The third-order valence-electron chi connectivity index (χ3n) is 7.39. The summed E-state index contributed by atoms with van der Waals surface area (Å²) in [7, 11) is -4.30. The van der Waals surface area contributed by atoms with Crippen LogP contribution in [0.1, 0.15) is 136 Å². The number of hydrogen-bond acceptors (Lipinski definition) is 7. The smallest absolute Gasteiger partial charge is 0.462 e. The average Bonchev–Trinajstić information content (AvgIpc) is 3.12. The number of carbonyl (C=O) groups is 2. The highest BCUT2D eigenvalue weighted by atomic mass is 31.2. The minimum Gasteiger partial charge on any atom is -0.462 e. The van der Waals surface area contributed by atoms with Crippen molar-refractivity contribution in [2.45, 2.75) is 142 Å². The predicted octanol–water partition coefficient (Wildman–Crippen LogP) is 12.1. The summed E-state index contributed by atoms with van der Waals surface area (Å²) in [6.45, 7) is 5.13. The molecule has 0 aliphatic carbocycles. The highest BCUT2D eigenvalue weighted by molar-refractivity contribution is 7.47. The van der Waals surface area contributed by atoms with Gasteiger partial charge in [0.05, 0.1) is 13.2 Å². The van der Waals surface area contributed by atoms with Crippen LogP contribution in [0.5, 0.6) is 0 Å². The van der Waals surface area contributed by atoms with Gasteiger partial charge in [-0.15, -0.1) is 0 Å². The van der Waals surface area contributed by atoms with Gasteiger partial charge in [0.2, 0.25) is 0 Å². The lowest BCUT2D eigenvalue weighted by atomic mass is 10.1. The van der Waals surface area contributed by atoms with Gasteiger partial charge in [-0.05, 0) is 96.8 Å². The molecule has 0 aliphatic heterocycles. The van der Waals surface area contributed by atoms with Gasteiger partial charge in [-0.25, -0.2) is 4.57 Å². The quantitative estimate of drug-likeness (QED) is 0.0300. The van der Waals surface area contributed by atoms with E-state index in [1.807, 2.05) is 0 Å². The van der Waals surface area contributed by atoms with Crippen LogP contribution in [0.25, 0.3) is 0 Å². The summed E-state index contributed by atoms with van der Waals surface area (Å²) in [4.78, 5) is 34.6. The van der Waals surface area contributed by atoms with Crippen LogP contribution < -0.4 is 0 Å². The Morgan fingerprint density at radius 2 is 0.923 bits per heavy atom. The summed E-state index contributed by atoms with van der Waals surface area (Å²) in [6, 6.07) is 0. The molecule has 0 saturated carbocycles. The first-order chi connectivity index (χ1) is 25.3. The van der Waals surface area contributed by atoms with Gasteiger partial charge in [-0.3, -0.25) is 18.6 Å². The van der Waals surface area contributed by atoms with Gasteiger partial charge in [0.1, 0.15) is 6.61 Å². The number of phosphoric acid groups is 1. The van der Waals surface area contributed by atoms with E-state index in [2.05, 4.69) is 111 Å². The van der Waals surface area contributed by atoms with E-state index >= 15 is 0 Å². The van der Waals surface area contributed by atoms with Gasteiger partial charge in [0, 0.05) is 12.8 Å². The predicted molar refractivity (Wildman–Crippen MR) is 216 cm³/mol. The van der Waals surface area contributed by atoms with Crippen molar-refractivity contribution in [1.29, 1.82) is 0 Å². The SMILES string of the molecule is CC/C=C\C/C=C\C/C=C\C/C=C\C/C=C\CCCCCC(=O)OC(COC(=O)CCCCC/C=C\C/C=C\C/C=C\CC)COP(=O)(O)OCC. The monoisotopic (exact) mass is 744 g/mol. The normalized spacial score (nSPS) is 14.5. The number of esters is 2. The third-order valence-corrected chi connectivity index (χ3v) is 8.45. The van der Waals surface area contributed by atoms with Crippen LogP contribution in [0, 0.1) is 0 Å². The van der Waals surface area contributed by atoms with Crippen LogP contribution in [0.15, 0.2) is 97.2 Å². The van der Waals surface area contributed by atoms with Crippen LogP contribution in [0.3, 0.4) is 0 Å². The fraction of sp³-hybridized carbons (Fsp3) is 0.581. The molecular weight excluding hydrogens is 675 g/mol. The van der Waals surface area contributed by atoms with E-state index in [0.717, 1.165) is 89.9 Å². The zero-order chi connectivity index (χ0) is 38.2. The molecule has 0 bridgehead atoms. The molecule has 8 nitrogen and oxygen atoms in total. The Labute approximate surface area is 316 Å². The third kappa shape index (κ3) is 36.8. The Kier molecular flexibility index (Phi) is 35.5. The van der Waals surface area contributed by atoms with Crippen LogP contribution in [-0.4, -0.2) is 42.8 Å². The highest BCUT2D eigenvalue weighted by Crippen LogP contribution is 2.43. The standard InChI is InChI=1S/C43H69O8P/c1-4-7-9-11-13-15-17-19-20-21-22-23-24-26-28-30-32-34-36-38-43(45)51-41(40-50-52(46,47)49-6-3)39-48-42(44)37-35-33-31-29-27-25-18-16-14-12-10-8-5-2/h7-10,13-16,19-20,22-23,25-28,41H,4-6,11-12,17-18,21,24,29-40H2,1-3H3,(H,46,47)/b9-7-,10-8-,15-13-,16-14-,20-19-,23-22-,27-25-,28-26-. The van der Waals surface area contributed by atoms with E-state index in [1.54, 1.807) is 6.92 Å². The molecule has 0 heterocycles. The fourth-order valence-electron chi connectivity index (χ4n) is 4.61. The molecule has 0 aromatic carbocycles. The molecule has 1 N–H and O–H groups in total. The number of unbranched alkanes of at least 4 members (excludes halogenated alkanes) is 6. The maximum Gasteiger partial charge on any atom is 0.472 e. The van der Waals surface area contributed by atoms with Crippen molar-refractivity contribution in [3.05, 3.63) is 97.2 Å². The van der Waals surface area contributed by atoms with E-state index in [1.165, 1.54) is 0 Å². The maximum absolute atomic E-state index is 12.5. The minimum atomic E-state index is -4.30. The first-order valence-electron chi connectivity index (χ1n) is 19.5. The van der Waals surface area contributed by atoms with Crippen molar-refractivity contribution >= 4 is 19.8 Å². The van der Waals surface area contributed by atoms with Gasteiger partial charge in [0.25, 0.3) is 0 Å². The summed E-state index contributed by atoms with van der Waals surface area (Å²) in [5, 5.41) is 0. The zero-order valence-electron chi connectivity index (χ0n) is 32.4. The number of phosphoric ester groups is 1. The van der Waals surface area contributed by atoms with E-state index < -0.39 is 32.5 Å². The second-order valence-corrected chi connectivity index (χ2v) is 13.6. The van der Waals surface area contributed by atoms with Crippen LogP contribution >= 0.6 is 7.82 Å². The Morgan fingerprint density at radius 1 is 0.519 bits per heavy atom. The number of rotatable bonds is 34. The average molecular weight is 745 g/mol. The van der Waals surface area contributed by atoms with Crippen molar-refractivity contribution in [3.63, 3.8) is 0 Å². The van der Waals surface area contributed by atoms with E-state index in [0.29, 0.717) is 12.8 Å². The molecule has 0 aliphatic rings. The number of ether oxygens (including phenoxy) is 2. The largest absolute Gasteiger partial charge is 0.472 e. The van der Waals surface area contributed by atoms with Gasteiger partial charge >= 0.3 is 19.8 Å². The summed E-state index contributed by atoms with van der Waals surface area (Å²) in [6.07, 6.45) is 48.9. The van der Waals surface area contributed by atoms with E-state index in [4.69, 9.17) is 18.5 Å². The van der Waals surface area contributed by atoms with Crippen molar-refractivity contribution in [3.8, 4) is 0 Å². The van der Waals surface area contributed by atoms with Crippen LogP contribution in [0.4, 0.5) is 0 Å². The van der Waals surface area contributed by atoms with E-state index in [9.17, 15) is 19.0 Å². The summed E-state index contributed by atoms with van der Waals surface area (Å²) in [5.74, 6) is -0.883. The molecule has 0 rings (SSSR count). The summed E-state index contributed by atoms with van der Waals surface area (Å²) in [5.41, 5.74) is 0. The van der Waals surface area contributed by atoms with E-state index in [-0.39, 0.29) is 26.1 Å². The van der Waals surface area contributed by atoms with Crippen molar-refractivity contribution < 1.29 is 37.6 Å². The molecule has 52 heavy (non-hydrogen) atoms. The minimum absolute atomic E-state index is 0.0172. The molecule has 0 fully saturated rings. The molecule has 2 atom stereocenters. The molecule has 0 saturated heterocycles. The van der Waals surface area contributed by atoms with Crippen molar-refractivity contribution in [2.24, 2.45) is 0 Å². The topological polar surface area (TPSA) is 108 Å². The molecule has 0 spiro atoms. The molecule has 294 valence electrons. The molecule has 0 amide bonds. The highest BCUT2D eigenvalue weighted by Gasteiger charge is 2.25. The lowest BCUT2D eigenvalue weighted by molar-refractivity contribution is -0.161. The Bertz CT molecular complexity index is 1160. The molecule has 2 unspecified atom stereocenters. The molecule has 9 heteroatoms. The fourth-order valence-corrected chi connectivity index (χ4v) is 5.36. The Balaban J connectivity index is 4.28. The van der Waals surface area contributed by atoms with Crippen molar-refractivity contribution in [2.75, 3.05) is 19.8 Å². The van der Waals surface area contributed by atoms with Gasteiger partial charge in [-0.2, -0.15) is 0 Å². The first-order valence-corrected chi connectivity index (χ1v) is 21.0. The van der Waals surface area contributed by atoms with Crippen molar-refractivity contribution in [1.82, 2.24) is 0 Å². The molecular formula is C43H69O8P. The Hall–Kier alpha value is -3.03. The summed E-state index contributed by atoms with van der Waals surface area (Å²) < 4.78 is 32.5. The second-order valence-electron chi connectivity index (χ2n) is 12.2. The molecule has 0 aromatic heterocycles. The second kappa shape index (κ2) is 37.7. The lowest BCUT2D eigenvalue weighted by Crippen LogP contribution is -2.29. The Morgan fingerprint density at radius 3 is 1.35 bits per heavy atom. The first kappa shape index (κ1) is 49.0. The van der Waals surface area contributed by atoms with Gasteiger partial charge in [-0.1, -0.05) is 124 Å². The van der Waals surface area contributed by atoms with Crippen LogP contribution in [0.2, 0.25) is 0 Å².